The third-order valence-electron chi connectivity index (χ3n) is 3.08. The van der Waals surface area contributed by atoms with Crippen molar-refractivity contribution in [3.63, 3.8) is 0 Å². The van der Waals surface area contributed by atoms with E-state index in [4.69, 9.17) is 9.84 Å². The summed E-state index contributed by atoms with van der Waals surface area (Å²) in [6, 6.07) is -1.63. The number of ether oxygens (including phenoxy) is 1. The van der Waals surface area contributed by atoms with Crippen LogP contribution in [-0.2, 0) is 14.3 Å². The van der Waals surface area contributed by atoms with Crippen molar-refractivity contribution < 1.29 is 24.2 Å². The van der Waals surface area contributed by atoms with Crippen LogP contribution in [0, 0.1) is 0 Å². The van der Waals surface area contributed by atoms with Gasteiger partial charge in [-0.05, 0) is 47.0 Å². The molecule has 0 radical (unpaired) electrons. The predicted molar refractivity (Wildman–Crippen MR) is 75.8 cm³/mol. The molecule has 1 atom stereocenters. The fourth-order valence-corrected chi connectivity index (χ4v) is 1.69. The summed E-state index contributed by atoms with van der Waals surface area (Å²) < 4.78 is 5.10. The SMILES string of the molecule is CC1(NC(=O)N[C@H](CCC(=O)OC(C)(C)C)C(=O)O)CC1. The zero-order valence-electron chi connectivity index (χ0n) is 13.0. The molecule has 1 rings (SSSR count). The van der Waals surface area contributed by atoms with Gasteiger partial charge in [0.25, 0.3) is 0 Å². The summed E-state index contributed by atoms with van der Waals surface area (Å²) in [4.78, 5) is 34.4. The zero-order valence-corrected chi connectivity index (χ0v) is 13.0. The van der Waals surface area contributed by atoms with Crippen molar-refractivity contribution in [3.8, 4) is 0 Å². The highest BCUT2D eigenvalue weighted by Crippen LogP contribution is 2.34. The van der Waals surface area contributed by atoms with E-state index in [0.29, 0.717) is 0 Å². The number of carbonyl (C=O) groups excluding carboxylic acids is 2. The first-order valence-corrected chi connectivity index (χ1v) is 7.04. The van der Waals surface area contributed by atoms with Gasteiger partial charge < -0.3 is 20.5 Å². The third kappa shape index (κ3) is 6.97. The molecule has 21 heavy (non-hydrogen) atoms. The van der Waals surface area contributed by atoms with Gasteiger partial charge in [0.15, 0.2) is 0 Å². The molecule has 7 heteroatoms. The molecule has 7 nitrogen and oxygen atoms in total. The van der Waals surface area contributed by atoms with Crippen LogP contribution in [0.15, 0.2) is 0 Å². The van der Waals surface area contributed by atoms with E-state index in [2.05, 4.69) is 10.6 Å². The van der Waals surface area contributed by atoms with Gasteiger partial charge in [0.2, 0.25) is 0 Å². The topological polar surface area (TPSA) is 105 Å². The van der Waals surface area contributed by atoms with Gasteiger partial charge in [0.05, 0.1) is 0 Å². The summed E-state index contributed by atoms with van der Waals surface area (Å²) in [5.41, 5.74) is -0.834. The molecule has 0 bridgehead atoms. The van der Waals surface area contributed by atoms with Gasteiger partial charge in [-0.2, -0.15) is 0 Å². The van der Waals surface area contributed by atoms with Crippen LogP contribution in [-0.4, -0.2) is 40.3 Å². The van der Waals surface area contributed by atoms with Crippen LogP contribution in [0.4, 0.5) is 4.79 Å². The highest BCUT2D eigenvalue weighted by Gasteiger charge is 2.39. The maximum atomic E-state index is 11.7. The van der Waals surface area contributed by atoms with Crippen LogP contribution in [0.1, 0.15) is 53.4 Å². The van der Waals surface area contributed by atoms with Gasteiger partial charge in [0, 0.05) is 12.0 Å². The third-order valence-corrected chi connectivity index (χ3v) is 3.08. The lowest BCUT2D eigenvalue weighted by molar-refractivity contribution is -0.155. The minimum absolute atomic E-state index is 0.00557. The largest absolute Gasteiger partial charge is 0.480 e. The van der Waals surface area contributed by atoms with Crippen LogP contribution in [0.2, 0.25) is 0 Å². The molecule has 2 amide bonds. The normalized spacial score (nSPS) is 17.5. The van der Waals surface area contributed by atoms with Crippen LogP contribution >= 0.6 is 0 Å². The van der Waals surface area contributed by atoms with E-state index >= 15 is 0 Å². The van der Waals surface area contributed by atoms with Crippen molar-refractivity contribution in [1.82, 2.24) is 10.6 Å². The summed E-state index contributed by atoms with van der Waals surface area (Å²) in [6.45, 7) is 7.11. The van der Waals surface area contributed by atoms with Crippen molar-refractivity contribution >= 4 is 18.0 Å². The van der Waals surface area contributed by atoms with Gasteiger partial charge in [-0.3, -0.25) is 4.79 Å². The molecule has 1 fully saturated rings. The first-order valence-electron chi connectivity index (χ1n) is 7.04. The maximum absolute atomic E-state index is 11.7. The second-order valence-electron chi connectivity index (χ2n) is 6.68. The number of nitrogens with one attached hydrogen (secondary N) is 2. The summed E-state index contributed by atoms with van der Waals surface area (Å²) in [5, 5.41) is 14.2. The summed E-state index contributed by atoms with van der Waals surface area (Å²) in [6.07, 6.45) is 1.70. The number of aliphatic carboxylic acids is 1. The molecule has 0 aromatic heterocycles. The van der Waals surface area contributed by atoms with Crippen LogP contribution in [0.3, 0.4) is 0 Å². The van der Waals surface area contributed by atoms with Gasteiger partial charge in [-0.1, -0.05) is 0 Å². The zero-order chi connectivity index (χ0) is 16.3. The van der Waals surface area contributed by atoms with E-state index < -0.39 is 29.6 Å². The first-order chi connectivity index (χ1) is 9.51. The summed E-state index contributed by atoms with van der Waals surface area (Å²) in [5.74, 6) is -1.65. The second-order valence-corrected chi connectivity index (χ2v) is 6.68. The number of carboxylic acid groups (broad SMARTS) is 1. The monoisotopic (exact) mass is 300 g/mol. The molecular weight excluding hydrogens is 276 g/mol. The van der Waals surface area contributed by atoms with E-state index in [0.717, 1.165) is 12.8 Å². The number of hydrogen-bond donors (Lipinski definition) is 3. The Morgan fingerprint density at radius 1 is 1.29 bits per heavy atom. The van der Waals surface area contributed by atoms with Crippen molar-refractivity contribution in [2.24, 2.45) is 0 Å². The van der Waals surface area contributed by atoms with E-state index in [9.17, 15) is 14.4 Å². The van der Waals surface area contributed by atoms with Crippen molar-refractivity contribution in [2.75, 3.05) is 0 Å². The first kappa shape index (κ1) is 17.3. The summed E-state index contributed by atoms with van der Waals surface area (Å²) in [7, 11) is 0. The quantitative estimate of drug-likeness (QED) is 0.643. The van der Waals surface area contributed by atoms with Crippen molar-refractivity contribution in [3.05, 3.63) is 0 Å². The van der Waals surface area contributed by atoms with E-state index in [1.807, 2.05) is 6.92 Å². The fraction of sp³-hybridized carbons (Fsp3) is 0.786. The molecule has 0 aromatic carbocycles. The lowest BCUT2D eigenvalue weighted by Gasteiger charge is -2.21. The second kappa shape index (κ2) is 6.32. The average molecular weight is 300 g/mol. The van der Waals surface area contributed by atoms with Crippen molar-refractivity contribution in [1.29, 1.82) is 0 Å². The van der Waals surface area contributed by atoms with Crippen molar-refractivity contribution in [2.45, 2.75) is 70.6 Å². The van der Waals surface area contributed by atoms with Crippen LogP contribution in [0.25, 0.3) is 0 Å². The lowest BCUT2D eigenvalue weighted by atomic mass is 10.1. The Hall–Kier alpha value is -1.79. The van der Waals surface area contributed by atoms with Gasteiger partial charge in [-0.15, -0.1) is 0 Å². The Bertz CT molecular complexity index is 424. The number of hydrogen-bond acceptors (Lipinski definition) is 4. The van der Waals surface area contributed by atoms with E-state index in [-0.39, 0.29) is 18.4 Å². The smallest absolute Gasteiger partial charge is 0.326 e. The molecule has 1 aliphatic rings. The standard InChI is InChI=1S/C14H24N2O5/c1-13(2,3)21-10(17)6-5-9(11(18)19)15-12(20)16-14(4)7-8-14/h9H,5-8H2,1-4H3,(H,18,19)(H2,15,16,20)/t9-/m1/s1. The van der Waals surface area contributed by atoms with Crippen LogP contribution < -0.4 is 10.6 Å². The molecule has 3 N–H and O–H groups in total. The highest BCUT2D eigenvalue weighted by molar-refractivity contribution is 5.83. The minimum atomic E-state index is -1.17. The molecule has 1 saturated carbocycles. The maximum Gasteiger partial charge on any atom is 0.326 e. The minimum Gasteiger partial charge on any atom is -0.480 e. The molecule has 0 saturated heterocycles. The number of esters is 1. The Morgan fingerprint density at radius 2 is 1.86 bits per heavy atom. The lowest BCUT2D eigenvalue weighted by Crippen LogP contribution is -2.49. The Balaban J connectivity index is 2.41. The Morgan fingerprint density at radius 3 is 2.29 bits per heavy atom. The van der Waals surface area contributed by atoms with Gasteiger partial charge >= 0.3 is 18.0 Å². The molecule has 0 aromatic rings. The van der Waals surface area contributed by atoms with Gasteiger partial charge in [-0.25, -0.2) is 9.59 Å². The number of carbonyl (C=O) groups is 3. The number of urea groups is 1. The predicted octanol–water partition coefficient (Wildman–Crippen LogP) is 1.41. The molecule has 0 aliphatic heterocycles. The molecule has 120 valence electrons. The Kier molecular flexibility index (Phi) is 5.20. The Labute approximate surface area is 124 Å². The van der Waals surface area contributed by atoms with E-state index in [1.165, 1.54) is 0 Å². The number of rotatable bonds is 6. The molecular formula is C14H24N2O5. The fourth-order valence-electron chi connectivity index (χ4n) is 1.69. The van der Waals surface area contributed by atoms with Crippen LogP contribution in [0.5, 0.6) is 0 Å². The molecule has 0 unspecified atom stereocenters. The number of amides is 2. The average Bonchev–Trinajstić information content (AvgIpc) is 2.99. The molecule has 0 heterocycles. The molecule has 0 spiro atoms. The van der Waals surface area contributed by atoms with E-state index in [1.54, 1.807) is 20.8 Å². The highest BCUT2D eigenvalue weighted by atomic mass is 16.6. The molecule has 1 aliphatic carbocycles. The number of carboxylic acids is 1. The van der Waals surface area contributed by atoms with Gasteiger partial charge in [0.1, 0.15) is 11.6 Å². The summed E-state index contributed by atoms with van der Waals surface area (Å²) >= 11 is 0.